The summed E-state index contributed by atoms with van der Waals surface area (Å²) in [6.07, 6.45) is 5.38. The molecule has 0 radical (unpaired) electrons. The summed E-state index contributed by atoms with van der Waals surface area (Å²) in [6, 6.07) is 0. The van der Waals surface area contributed by atoms with Crippen molar-refractivity contribution in [2.24, 2.45) is 0 Å². The minimum Gasteiger partial charge on any atom is -0.372 e. The number of aryl methyl sites for hydroxylation is 1. The molecule has 18 heavy (non-hydrogen) atoms. The number of nitrogens with one attached hydrogen (secondary N) is 2. The number of aromatic nitrogens is 4. The average Bonchev–Trinajstić information content (AvgIpc) is 2.77. The van der Waals surface area contributed by atoms with Crippen LogP contribution in [0, 0.1) is 6.92 Å². The van der Waals surface area contributed by atoms with Gasteiger partial charge in [0.15, 0.2) is 0 Å². The molecular weight excluding hydrogens is 296 g/mol. The Labute approximate surface area is 114 Å². The van der Waals surface area contributed by atoms with Gasteiger partial charge in [0, 0.05) is 19.8 Å². The van der Waals surface area contributed by atoms with Gasteiger partial charge in [-0.25, -0.2) is 9.97 Å². The Balaban J connectivity index is 1.94. The van der Waals surface area contributed by atoms with Crippen molar-refractivity contribution >= 4 is 27.6 Å². The van der Waals surface area contributed by atoms with Crippen LogP contribution in [0.25, 0.3) is 0 Å². The molecule has 6 nitrogen and oxygen atoms in total. The van der Waals surface area contributed by atoms with Crippen molar-refractivity contribution < 1.29 is 0 Å². The first-order chi connectivity index (χ1) is 8.70. The van der Waals surface area contributed by atoms with Crippen molar-refractivity contribution in [2.45, 2.75) is 13.5 Å². The number of hydrogen-bond acceptors (Lipinski definition) is 5. The van der Waals surface area contributed by atoms with E-state index in [-0.39, 0.29) is 0 Å². The van der Waals surface area contributed by atoms with Gasteiger partial charge in [0.05, 0.1) is 12.7 Å². The molecular formula is C11H15BrN6. The van der Waals surface area contributed by atoms with Gasteiger partial charge in [-0.1, -0.05) is 0 Å². The van der Waals surface area contributed by atoms with E-state index in [0.717, 1.165) is 34.8 Å². The quantitative estimate of drug-likeness (QED) is 0.883. The lowest BCUT2D eigenvalue weighted by atomic mass is 10.4. The van der Waals surface area contributed by atoms with Gasteiger partial charge in [-0.15, -0.1) is 0 Å². The molecule has 0 atom stereocenters. The van der Waals surface area contributed by atoms with Gasteiger partial charge >= 0.3 is 0 Å². The second-order valence-electron chi connectivity index (χ2n) is 3.84. The van der Waals surface area contributed by atoms with Gasteiger partial charge in [-0.2, -0.15) is 5.10 Å². The zero-order valence-corrected chi connectivity index (χ0v) is 11.9. The van der Waals surface area contributed by atoms with E-state index in [1.165, 1.54) is 6.33 Å². The van der Waals surface area contributed by atoms with Gasteiger partial charge < -0.3 is 10.6 Å². The van der Waals surface area contributed by atoms with Crippen LogP contribution in [0.4, 0.5) is 11.6 Å². The fourth-order valence-electron chi connectivity index (χ4n) is 1.55. The minimum atomic E-state index is 0.750. The van der Waals surface area contributed by atoms with Gasteiger partial charge in [0.1, 0.15) is 22.4 Å². The Morgan fingerprint density at radius 2 is 2.11 bits per heavy atom. The Hall–Kier alpha value is -1.63. The van der Waals surface area contributed by atoms with E-state index in [9.17, 15) is 0 Å². The molecule has 2 aromatic heterocycles. The maximum Gasteiger partial charge on any atom is 0.146 e. The third kappa shape index (κ3) is 2.98. The summed E-state index contributed by atoms with van der Waals surface area (Å²) in [5, 5.41) is 10.5. The van der Waals surface area contributed by atoms with Crippen LogP contribution in [0.1, 0.15) is 5.56 Å². The van der Waals surface area contributed by atoms with Crippen LogP contribution in [0.2, 0.25) is 0 Å². The molecule has 2 aromatic rings. The SMILES string of the molecule is CNc1ncnc(NCCn2cc(C)cn2)c1Br. The predicted molar refractivity (Wildman–Crippen MR) is 74.7 cm³/mol. The first kappa shape index (κ1) is 12.8. The maximum atomic E-state index is 4.22. The number of hydrogen-bond donors (Lipinski definition) is 2. The van der Waals surface area contributed by atoms with Gasteiger partial charge in [0.2, 0.25) is 0 Å². The fourth-order valence-corrected chi connectivity index (χ4v) is 2.09. The van der Waals surface area contributed by atoms with Gasteiger partial charge in [-0.3, -0.25) is 4.68 Å². The normalized spacial score (nSPS) is 10.4. The second kappa shape index (κ2) is 5.81. The molecule has 0 aliphatic carbocycles. The lowest BCUT2D eigenvalue weighted by Gasteiger charge is -2.09. The Morgan fingerprint density at radius 1 is 1.33 bits per heavy atom. The number of anilines is 2. The first-order valence-corrected chi connectivity index (χ1v) is 6.41. The third-order valence-corrected chi connectivity index (χ3v) is 3.17. The van der Waals surface area contributed by atoms with E-state index >= 15 is 0 Å². The molecule has 7 heteroatoms. The molecule has 96 valence electrons. The standard InChI is InChI=1S/C11H15BrN6/c1-8-5-17-18(6-8)4-3-14-11-9(12)10(13-2)15-7-16-11/h5-7H,3-4H2,1-2H3,(H2,13,14,15,16). The largest absolute Gasteiger partial charge is 0.372 e. The van der Waals surface area contributed by atoms with Gasteiger partial charge in [0.25, 0.3) is 0 Å². The van der Waals surface area contributed by atoms with E-state index in [4.69, 9.17) is 0 Å². The summed E-state index contributed by atoms with van der Waals surface area (Å²) in [4.78, 5) is 8.28. The lowest BCUT2D eigenvalue weighted by molar-refractivity contribution is 0.636. The summed E-state index contributed by atoms with van der Waals surface area (Å²) in [7, 11) is 1.82. The predicted octanol–water partition coefficient (Wildman–Crippen LogP) is 1.90. The Kier molecular flexibility index (Phi) is 4.14. The highest BCUT2D eigenvalue weighted by Crippen LogP contribution is 2.25. The molecule has 0 unspecified atom stereocenters. The summed E-state index contributed by atoms with van der Waals surface area (Å²) >= 11 is 3.46. The lowest BCUT2D eigenvalue weighted by Crippen LogP contribution is -2.12. The molecule has 0 aromatic carbocycles. The number of halogens is 1. The van der Waals surface area contributed by atoms with E-state index in [1.54, 1.807) is 0 Å². The van der Waals surface area contributed by atoms with Crippen LogP contribution in [0.5, 0.6) is 0 Å². The highest BCUT2D eigenvalue weighted by Gasteiger charge is 2.06. The van der Waals surface area contributed by atoms with Crippen LogP contribution in [0.15, 0.2) is 23.2 Å². The monoisotopic (exact) mass is 310 g/mol. The number of rotatable bonds is 5. The van der Waals surface area contributed by atoms with Crippen molar-refractivity contribution in [3.8, 4) is 0 Å². The molecule has 2 heterocycles. The highest BCUT2D eigenvalue weighted by atomic mass is 79.9. The van der Waals surface area contributed by atoms with Crippen molar-refractivity contribution in [1.29, 1.82) is 0 Å². The Bertz CT molecular complexity index is 524. The van der Waals surface area contributed by atoms with E-state index < -0.39 is 0 Å². The molecule has 2 rings (SSSR count). The number of nitrogens with zero attached hydrogens (tertiary/aromatic N) is 4. The smallest absolute Gasteiger partial charge is 0.146 e. The van der Waals surface area contributed by atoms with Crippen molar-refractivity contribution in [3.63, 3.8) is 0 Å². The maximum absolute atomic E-state index is 4.22. The molecule has 0 saturated heterocycles. The molecule has 0 bridgehead atoms. The minimum absolute atomic E-state index is 0.750. The zero-order valence-electron chi connectivity index (χ0n) is 10.3. The third-order valence-electron chi connectivity index (χ3n) is 2.42. The van der Waals surface area contributed by atoms with E-state index in [0.29, 0.717) is 0 Å². The molecule has 0 fully saturated rings. The van der Waals surface area contributed by atoms with Crippen LogP contribution < -0.4 is 10.6 Å². The molecule has 0 aliphatic heterocycles. The summed E-state index contributed by atoms with van der Waals surface area (Å²) in [6.45, 7) is 3.57. The van der Waals surface area contributed by atoms with E-state index in [1.807, 2.05) is 31.0 Å². The van der Waals surface area contributed by atoms with Crippen LogP contribution in [0.3, 0.4) is 0 Å². The zero-order chi connectivity index (χ0) is 13.0. The second-order valence-corrected chi connectivity index (χ2v) is 4.64. The molecule has 0 saturated carbocycles. The van der Waals surface area contributed by atoms with Gasteiger partial charge in [-0.05, 0) is 28.4 Å². The van der Waals surface area contributed by atoms with Crippen molar-refractivity contribution in [2.75, 3.05) is 24.2 Å². The molecule has 2 N–H and O–H groups in total. The van der Waals surface area contributed by atoms with Crippen LogP contribution >= 0.6 is 15.9 Å². The van der Waals surface area contributed by atoms with Crippen molar-refractivity contribution in [1.82, 2.24) is 19.7 Å². The first-order valence-electron chi connectivity index (χ1n) is 5.62. The highest BCUT2D eigenvalue weighted by molar-refractivity contribution is 9.10. The van der Waals surface area contributed by atoms with Crippen molar-refractivity contribution in [3.05, 3.63) is 28.8 Å². The summed E-state index contributed by atoms with van der Waals surface area (Å²) in [5.41, 5.74) is 1.16. The molecule has 0 amide bonds. The molecule has 0 spiro atoms. The van der Waals surface area contributed by atoms with Crippen LogP contribution in [-0.4, -0.2) is 33.3 Å². The molecule has 0 aliphatic rings. The van der Waals surface area contributed by atoms with Crippen LogP contribution in [-0.2, 0) is 6.54 Å². The summed E-state index contributed by atoms with van der Waals surface area (Å²) in [5.74, 6) is 1.54. The topological polar surface area (TPSA) is 67.7 Å². The Morgan fingerprint density at radius 3 is 2.78 bits per heavy atom. The average molecular weight is 311 g/mol. The fraction of sp³-hybridized carbons (Fsp3) is 0.364. The van der Waals surface area contributed by atoms with E-state index in [2.05, 4.69) is 41.6 Å². The summed E-state index contributed by atoms with van der Waals surface area (Å²) < 4.78 is 2.74.